The Morgan fingerprint density at radius 2 is 2.00 bits per heavy atom. The molecule has 1 saturated carbocycles. The van der Waals surface area contributed by atoms with Crippen LogP contribution in [0.3, 0.4) is 0 Å². The zero-order valence-electron chi connectivity index (χ0n) is 12.0. The van der Waals surface area contributed by atoms with E-state index in [1.165, 1.54) is 42.1 Å². The van der Waals surface area contributed by atoms with E-state index in [1.807, 2.05) is 0 Å². The number of para-hydroxylation sites is 1. The second-order valence-electron chi connectivity index (χ2n) is 6.05. The summed E-state index contributed by atoms with van der Waals surface area (Å²) < 4.78 is 2.53. The van der Waals surface area contributed by atoms with Crippen molar-refractivity contribution >= 4 is 10.9 Å². The summed E-state index contributed by atoms with van der Waals surface area (Å²) >= 11 is 0. The number of rotatable bonds is 4. The number of nitrogens with zero attached hydrogens (tertiary/aromatic N) is 1. The van der Waals surface area contributed by atoms with Crippen molar-refractivity contribution in [3.8, 4) is 0 Å². The van der Waals surface area contributed by atoms with Gasteiger partial charge in [0.1, 0.15) is 0 Å². The molecule has 0 bridgehead atoms. The zero-order valence-corrected chi connectivity index (χ0v) is 12.0. The molecule has 0 radical (unpaired) electrons. The molecule has 1 fully saturated rings. The van der Waals surface area contributed by atoms with Gasteiger partial charge in [-0.2, -0.15) is 0 Å². The van der Waals surface area contributed by atoms with E-state index in [-0.39, 0.29) is 0 Å². The largest absolute Gasteiger partial charge is 0.344 e. The highest BCUT2D eigenvalue weighted by Crippen LogP contribution is 2.33. The van der Waals surface area contributed by atoms with Gasteiger partial charge in [0.25, 0.3) is 0 Å². The molecule has 1 aromatic carbocycles. The molecule has 19 heavy (non-hydrogen) atoms. The Hall–Kier alpha value is -1.28. The minimum atomic E-state index is 0.533. The van der Waals surface area contributed by atoms with Crippen LogP contribution in [0.2, 0.25) is 0 Å². The Labute approximate surface area is 115 Å². The van der Waals surface area contributed by atoms with Crippen LogP contribution in [-0.4, -0.2) is 10.6 Å². The highest BCUT2D eigenvalue weighted by Gasteiger charge is 2.19. The van der Waals surface area contributed by atoms with Gasteiger partial charge in [0, 0.05) is 24.8 Å². The molecule has 0 spiro atoms. The minimum absolute atomic E-state index is 0.533. The first kappa shape index (κ1) is 12.7. The molecule has 0 amide bonds. The average molecular weight is 256 g/mol. The van der Waals surface area contributed by atoms with Crippen molar-refractivity contribution in [2.75, 3.05) is 0 Å². The minimum Gasteiger partial charge on any atom is -0.344 e. The predicted octanol–water partition coefficient (Wildman–Crippen LogP) is 4.25. The summed E-state index contributed by atoms with van der Waals surface area (Å²) in [5.74, 6) is 0. The smallest absolute Gasteiger partial charge is 0.0528 e. The maximum atomic E-state index is 3.55. The van der Waals surface area contributed by atoms with Gasteiger partial charge < -0.3 is 9.88 Å². The number of aromatic nitrogens is 1. The fraction of sp³-hybridized carbons (Fsp3) is 0.529. The van der Waals surface area contributed by atoms with Gasteiger partial charge in [-0.25, -0.2) is 0 Å². The highest BCUT2D eigenvalue weighted by atomic mass is 15.0. The van der Waals surface area contributed by atoms with E-state index in [4.69, 9.17) is 0 Å². The molecule has 2 aromatic rings. The van der Waals surface area contributed by atoms with Crippen molar-refractivity contribution in [3.63, 3.8) is 0 Å². The molecule has 1 N–H and O–H groups in total. The van der Waals surface area contributed by atoms with E-state index < -0.39 is 0 Å². The quantitative estimate of drug-likeness (QED) is 0.865. The molecule has 3 rings (SSSR count). The first-order chi connectivity index (χ1) is 9.25. The van der Waals surface area contributed by atoms with Gasteiger partial charge in [0.2, 0.25) is 0 Å². The monoisotopic (exact) mass is 256 g/mol. The van der Waals surface area contributed by atoms with Crippen LogP contribution in [0.5, 0.6) is 0 Å². The maximum absolute atomic E-state index is 3.55. The second kappa shape index (κ2) is 5.38. The van der Waals surface area contributed by atoms with Crippen molar-refractivity contribution in [1.29, 1.82) is 0 Å². The Kier molecular flexibility index (Phi) is 3.61. The predicted molar refractivity (Wildman–Crippen MR) is 81.4 cm³/mol. The number of benzene rings is 1. The lowest BCUT2D eigenvalue weighted by molar-refractivity contribution is 0.532. The van der Waals surface area contributed by atoms with Crippen LogP contribution in [0, 0.1) is 0 Å². The fourth-order valence-electron chi connectivity index (χ4n) is 3.24. The van der Waals surface area contributed by atoms with Crippen molar-refractivity contribution in [3.05, 3.63) is 36.0 Å². The van der Waals surface area contributed by atoms with Gasteiger partial charge in [0.05, 0.1) is 5.52 Å². The maximum Gasteiger partial charge on any atom is 0.0528 e. The molecule has 1 heterocycles. The highest BCUT2D eigenvalue weighted by molar-refractivity contribution is 5.83. The number of hydrogen-bond acceptors (Lipinski definition) is 1. The van der Waals surface area contributed by atoms with Crippen LogP contribution in [0.1, 0.15) is 51.1 Å². The number of hydrogen-bond donors (Lipinski definition) is 1. The molecule has 1 aliphatic rings. The molecule has 102 valence electrons. The normalized spacial score (nSPS) is 16.8. The Morgan fingerprint density at radius 1 is 1.21 bits per heavy atom. The van der Waals surface area contributed by atoms with Gasteiger partial charge in [0.15, 0.2) is 0 Å². The summed E-state index contributed by atoms with van der Waals surface area (Å²) in [6.07, 6.45) is 7.75. The van der Waals surface area contributed by atoms with Crippen LogP contribution in [0.15, 0.2) is 30.5 Å². The van der Waals surface area contributed by atoms with Crippen LogP contribution in [0.25, 0.3) is 10.9 Å². The van der Waals surface area contributed by atoms with Crippen LogP contribution < -0.4 is 5.32 Å². The molecular weight excluding hydrogens is 232 g/mol. The molecule has 0 unspecified atom stereocenters. The summed E-state index contributed by atoms with van der Waals surface area (Å²) in [5.41, 5.74) is 2.88. The number of nitrogens with one attached hydrogen (secondary N) is 1. The van der Waals surface area contributed by atoms with Gasteiger partial charge >= 0.3 is 0 Å². The third-order valence-electron chi connectivity index (χ3n) is 4.24. The van der Waals surface area contributed by atoms with E-state index >= 15 is 0 Å². The Morgan fingerprint density at radius 3 is 2.74 bits per heavy atom. The van der Waals surface area contributed by atoms with Crippen molar-refractivity contribution in [2.24, 2.45) is 0 Å². The van der Waals surface area contributed by atoms with Crippen LogP contribution >= 0.6 is 0 Å². The lowest BCUT2D eigenvalue weighted by Gasteiger charge is -2.17. The van der Waals surface area contributed by atoms with E-state index in [0.717, 1.165) is 12.6 Å². The summed E-state index contributed by atoms with van der Waals surface area (Å²) in [6.45, 7) is 5.37. The van der Waals surface area contributed by atoms with Gasteiger partial charge in [-0.15, -0.1) is 0 Å². The molecule has 2 nitrogen and oxygen atoms in total. The molecular formula is C17H24N2. The third kappa shape index (κ3) is 2.55. The zero-order chi connectivity index (χ0) is 13.2. The molecule has 0 saturated heterocycles. The third-order valence-corrected chi connectivity index (χ3v) is 4.24. The van der Waals surface area contributed by atoms with Crippen LogP contribution in [0.4, 0.5) is 0 Å². The van der Waals surface area contributed by atoms with E-state index in [2.05, 4.69) is 54.2 Å². The molecule has 1 aromatic heterocycles. The second-order valence-corrected chi connectivity index (χ2v) is 6.05. The lowest BCUT2D eigenvalue weighted by Crippen LogP contribution is -2.22. The Bertz CT molecular complexity index is 547. The van der Waals surface area contributed by atoms with Crippen molar-refractivity contribution < 1.29 is 0 Å². The summed E-state index contributed by atoms with van der Waals surface area (Å²) in [4.78, 5) is 0. The van der Waals surface area contributed by atoms with Gasteiger partial charge in [-0.05, 0) is 29.9 Å². The SMILES string of the molecule is CC(C)NCc1cccc2ccn(C3CCCC3)c12. The van der Waals surface area contributed by atoms with E-state index in [9.17, 15) is 0 Å². The van der Waals surface area contributed by atoms with Crippen molar-refractivity contribution in [2.45, 2.75) is 58.2 Å². The lowest BCUT2D eigenvalue weighted by atomic mass is 10.1. The molecule has 2 heteroatoms. The topological polar surface area (TPSA) is 17.0 Å². The number of fused-ring (bicyclic) bond motifs is 1. The standard InChI is InChI=1S/C17H24N2/c1-13(2)18-12-15-7-5-6-14-10-11-19(17(14)15)16-8-3-4-9-16/h5-7,10-11,13,16,18H,3-4,8-9,12H2,1-2H3. The average Bonchev–Trinajstić information content (AvgIpc) is 3.04. The van der Waals surface area contributed by atoms with Gasteiger partial charge in [-0.1, -0.05) is 44.9 Å². The van der Waals surface area contributed by atoms with E-state index in [1.54, 1.807) is 0 Å². The first-order valence-electron chi connectivity index (χ1n) is 7.57. The first-order valence-corrected chi connectivity index (χ1v) is 7.57. The summed E-state index contributed by atoms with van der Waals surface area (Å²) in [5, 5.41) is 4.93. The molecule has 0 aliphatic heterocycles. The van der Waals surface area contributed by atoms with Crippen LogP contribution in [-0.2, 0) is 6.54 Å². The molecule has 1 aliphatic carbocycles. The summed E-state index contributed by atoms with van der Waals surface area (Å²) in [7, 11) is 0. The fourth-order valence-corrected chi connectivity index (χ4v) is 3.24. The van der Waals surface area contributed by atoms with Gasteiger partial charge in [-0.3, -0.25) is 0 Å². The van der Waals surface area contributed by atoms with E-state index in [0.29, 0.717) is 6.04 Å². The molecule has 0 atom stereocenters. The van der Waals surface area contributed by atoms with Crippen molar-refractivity contribution in [1.82, 2.24) is 9.88 Å². The Balaban J connectivity index is 1.98. The summed E-state index contributed by atoms with van der Waals surface area (Å²) in [6, 6.07) is 10.2.